The Morgan fingerprint density at radius 3 is 2.79 bits per heavy atom. The summed E-state index contributed by atoms with van der Waals surface area (Å²) < 4.78 is 17.8. The molecule has 0 atom stereocenters. The Morgan fingerprint density at radius 2 is 1.97 bits per heavy atom. The molecule has 0 unspecified atom stereocenters. The van der Waals surface area contributed by atoms with Crippen LogP contribution in [-0.2, 0) is 0 Å². The zero-order valence-corrected chi connectivity index (χ0v) is 16.0. The Hall–Kier alpha value is -3.32. The number of fused-ring (bicyclic) bond motifs is 2. The van der Waals surface area contributed by atoms with Crippen LogP contribution in [-0.4, -0.2) is 31.4 Å². The normalized spacial score (nSPS) is 17.8. The number of rotatable bonds is 4. The molecule has 0 spiro atoms. The van der Waals surface area contributed by atoms with Crippen molar-refractivity contribution in [3.63, 3.8) is 0 Å². The van der Waals surface area contributed by atoms with Gasteiger partial charge in [-0.3, -0.25) is 0 Å². The maximum absolute atomic E-state index is 10.8. The molecule has 0 amide bonds. The number of nitrogens with zero attached hydrogens (tertiary/aromatic N) is 2. The lowest BCUT2D eigenvalue weighted by Crippen LogP contribution is -2.34. The Bertz CT molecular complexity index is 1130. The topological polar surface area (TPSA) is 88.6 Å². The molecule has 3 heterocycles. The maximum atomic E-state index is 10.8. The van der Waals surface area contributed by atoms with Crippen molar-refractivity contribution in [3.8, 4) is 17.2 Å². The molecule has 2 aliphatic rings. The molecule has 3 aromatic rings. The molecule has 7 nitrogen and oxygen atoms in total. The summed E-state index contributed by atoms with van der Waals surface area (Å²) in [6, 6.07) is 11.2. The van der Waals surface area contributed by atoms with E-state index >= 15 is 0 Å². The number of aromatic hydroxyl groups is 1. The van der Waals surface area contributed by atoms with Crippen LogP contribution in [0.15, 0.2) is 51.0 Å². The number of furan rings is 1. The number of benzene rings is 2. The predicted octanol–water partition coefficient (Wildman–Crippen LogP) is 4.87. The van der Waals surface area contributed by atoms with Crippen LogP contribution in [0.4, 0.5) is 5.69 Å². The molecule has 5 rings (SSSR count). The van der Waals surface area contributed by atoms with E-state index in [2.05, 4.69) is 15.5 Å². The first-order chi connectivity index (χ1) is 14.2. The summed E-state index contributed by atoms with van der Waals surface area (Å²) in [5, 5.41) is 23.1. The summed E-state index contributed by atoms with van der Waals surface area (Å²) >= 11 is 0. The van der Waals surface area contributed by atoms with Gasteiger partial charge in [0.1, 0.15) is 6.10 Å². The first-order valence-electron chi connectivity index (χ1n) is 9.67. The monoisotopic (exact) mass is 391 g/mol. The highest BCUT2D eigenvalue weighted by Crippen LogP contribution is 2.45. The van der Waals surface area contributed by atoms with Gasteiger partial charge in [-0.1, -0.05) is 18.2 Å². The van der Waals surface area contributed by atoms with Gasteiger partial charge >= 0.3 is 0 Å². The standard InChI is InChI=1S/C22H21N3O4/c1-27-18-7-6-15-20(26)19(12-17-14-4-2-3-5-16(14)24-25-17)29-21(15)22(18)28-13-8-10-23-11-9-13/h2-7,12-13,23,26H,8-11H2,1H3. The second-order valence-electron chi connectivity index (χ2n) is 7.10. The van der Waals surface area contributed by atoms with E-state index in [0.29, 0.717) is 33.9 Å². The Labute approximate surface area is 167 Å². The molecule has 0 bridgehead atoms. The lowest BCUT2D eigenvalue weighted by molar-refractivity contribution is 0.157. The van der Waals surface area contributed by atoms with Gasteiger partial charge in [0.15, 0.2) is 22.8 Å². The van der Waals surface area contributed by atoms with E-state index in [0.717, 1.165) is 37.2 Å². The average molecular weight is 391 g/mol. The van der Waals surface area contributed by atoms with Crippen molar-refractivity contribution in [2.75, 3.05) is 20.2 Å². The molecule has 1 aromatic heterocycles. The minimum absolute atomic E-state index is 0.0462. The molecular weight excluding hydrogens is 370 g/mol. The minimum atomic E-state index is 0.0462. The molecule has 2 aliphatic heterocycles. The molecule has 1 saturated heterocycles. The van der Waals surface area contributed by atoms with E-state index in [1.165, 1.54) is 0 Å². The lowest BCUT2D eigenvalue weighted by Gasteiger charge is -2.24. The quantitative estimate of drug-likeness (QED) is 0.662. The van der Waals surface area contributed by atoms with E-state index < -0.39 is 0 Å². The van der Waals surface area contributed by atoms with Crippen molar-refractivity contribution in [1.82, 2.24) is 5.32 Å². The van der Waals surface area contributed by atoms with Crippen LogP contribution < -0.4 is 14.8 Å². The van der Waals surface area contributed by atoms with Gasteiger partial charge in [-0.2, -0.15) is 0 Å². The van der Waals surface area contributed by atoms with Crippen molar-refractivity contribution in [2.45, 2.75) is 18.9 Å². The fraction of sp³-hybridized carbons (Fsp3) is 0.273. The number of ether oxygens (including phenoxy) is 2. The van der Waals surface area contributed by atoms with Gasteiger partial charge in [-0.15, -0.1) is 10.2 Å². The van der Waals surface area contributed by atoms with Crippen LogP contribution in [0.25, 0.3) is 22.7 Å². The third-order valence-corrected chi connectivity index (χ3v) is 5.28. The third kappa shape index (κ3) is 3.13. The van der Waals surface area contributed by atoms with E-state index in [9.17, 15) is 5.11 Å². The fourth-order valence-electron chi connectivity index (χ4n) is 3.74. The Kier molecular flexibility index (Phi) is 4.44. The number of azo groups is 1. The Morgan fingerprint density at radius 1 is 1.14 bits per heavy atom. The molecule has 7 heteroatoms. The maximum Gasteiger partial charge on any atom is 0.205 e. The number of nitrogens with one attached hydrogen (secondary N) is 1. The predicted molar refractivity (Wildman–Crippen MR) is 110 cm³/mol. The Balaban J connectivity index is 1.58. The van der Waals surface area contributed by atoms with Crippen LogP contribution in [0.2, 0.25) is 0 Å². The highest BCUT2D eigenvalue weighted by atomic mass is 16.5. The lowest BCUT2D eigenvalue weighted by atomic mass is 10.1. The minimum Gasteiger partial charge on any atom is -0.504 e. The zero-order valence-electron chi connectivity index (χ0n) is 16.0. The summed E-state index contributed by atoms with van der Waals surface area (Å²) in [5.74, 6) is 1.46. The summed E-state index contributed by atoms with van der Waals surface area (Å²) in [6.07, 6.45) is 3.58. The van der Waals surface area contributed by atoms with Crippen molar-refractivity contribution in [2.24, 2.45) is 10.2 Å². The van der Waals surface area contributed by atoms with Crippen molar-refractivity contribution >= 4 is 28.4 Å². The molecule has 2 N–H and O–H groups in total. The molecule has 0 saturated carbocycles. The van der Waals surface area contributed by atoms with Crippen LogP contribution in [0.5, 0.6) is 17.2 Å². The molecule has 148 valence electrons. The average Bonchev–Trinajstić information content (AvgIpc) is 3.31. The SMILES string of the molecule is COc1ccc2c(O)c(C=C3N=Nc4ccccc43)oc2c1OC1CCNCC1. The summed E-state index contributed by atoms with van der Waals surface area (Å²) in [5.41, 5.74) is 2.81. The second kappa shape index (κ2) is 7.25. The van der Waals surface area contributed by atoms with Crippen molar-refractivity contribution in [1.29, 1.82) is 0 Å². The summed E-state index contributed by atoms with van der Waals surface area (Å²) in [4.78, 5) is 0. The first-order valence-corrected chi connectivity index (χ1v) is 9.67. The van der Waals surface area contributed by atoms with E-state index in [1.807, 2.05) is 24.3 Å². The number of methoxy groups -OCH3 is 1. The van der Waals surface area contributed by atoms with E-state index in [4.69, 9.17) is 13.9 Å². The van der Waals surface area contributed by atoms with Gasteiger partial charge in [-0.25, -0.2) is 0 Å². The second-order valence-corrected chi connectivity index (χ2v) is 7.10. The summed E-state index contributed by atoms with van der Waals surface area (Å²) in [6.45, 7) is 1.82. The fourth-order valence-corrected chi connectivity index (χ4v) is 3.74. The van der Waals surface area contributed by atoms with Crippen LogP contribution in [0.3, 0.4) is 0 Å². The zero-order chi connectivity index (χ0) is 19.8. The van der Waals surface area contributed by atoms with Gasteiger partial charge in [-0.05, 0) is 44.1 Å². The van der Waals surface area contributed by atoms with Crippen LogP contribution >= 0.6 is 0 Å². The molecule has 1 fully saturated rings. The molecule has 2 aromatic carbocycles. The number of piperidine rings is 1. The highest BCUT2D eigenvalue weighted by Gasteiger charge is 2.24. The largest absolute Gasteiger partial charge is 0.504 e. The van der Waals surface area contributed by atoms with Crippen molar-refractivity contribution < 1.29 is 19.0 Å². The first kappa shape index (κ1) is 17.8. The smallest absolute Gasteiger partial charge is 0.205 e. The van der Waals surface area contributed by atoms with Crippen molar-refractivity contribution in [3.05, 3.63) is 47.7 Å². The van der Waals surface area contributed by atoms with Crippen LogP contribution in [0.1, 0.15) is 24.2 Å². The van der Waals surface area contributed by atoms with Gasteiger partial charge in [0, 0.05) is 11.6 Å². The number of hydrogen-bond acceptors (Lipinski definition) is 7. The van der Waals surface area contributed by atoms with Gasteiger partial charge in [0.2, 0.25) is 5.75 Å². The van der Waals surface area contributed by atoms with Gasteiger partial charge in [0.25, 0.3) is 0 Å². The van der Waals surface area contributed by atoms with E-state index in [1.54, 1.807) is 25.3 Å². The molecule has 29 heavy (non-hydrogen) atoms. The molecular formula is C22H21N3O4. The number of hydrogen-bond donors (Lipinski definition) is 2. The van der Waals surface area contributed by atoms with Gasteiger partial charge < -0.3 is 24.3 Å². The highest BCUT2D eigenvalue weighted by molar-refractivity contribution is 5.96. The molecule has 0 aliphatic carbocycles. The third-order valence-electron chi connectivity index (χ3n) is 5.28. The van der Waals surface area contributed by atoms with Crippen LogP contribution in [0, 0.1) is 0 Å². The summed E-state index contributed by atoms with van der Waals surface area (Å²) in [7, 11) is 1.60. The van der Waals surface area contributed by atoms with E-state index in [-0.39, 0.29) is 11.9 Å². The van der Waals surface area contributed by atoms with Gasteiger partial charge in [0.05, 0.1) is 23.9 Å². The molecule has 0 radical (unpaired) electrons.